The van der Waals surface area contributed by atoms with Gasteiger partial charge in [0.25, 0.3) is 0 Å². The Kier molecular flexibility index (Phi) is 11.5. The van der Waals surface area contributed by atoms with Gasteiger partial charge in [-0.15, -0.1) is 0 Å². The van der Waals surface area contributed by atoms with E-state index < -0.39 is 0 Å². The van der Waals surface area contributed by atoms with Crippen LogP contribution in [0.5, 0.6) is 5.75 Å². The Bertz CT molecular complexity index is 746. The topological polar surface area (TPSA) is 64.6 Å². The molecule has 1 N–H and O–H groups in total. The van der Waals surface area contributed by atoms with E-state index in [0.717, 1.165) is 56.4 Å². The Hall–Kier alpha value is -2.30. The zero-order valence-electron chi connectivity index (χ0n) is 21.0. The van der Waals surface area contributed by atoms with E-state index in [1.807, 2.05) is 45.0 Å². The number of carbonyl (C=O) groups excluding carboxylic acids is 2. The number of nitrogens with one attached hydrogen (secondary N) is 1. The maximum absolute atomic E-state index is 12.4. The monoisotopic (exact) mass is 457 g/mol. The van der Waals surface area contributed by atoms with Crippen LogP contribution >= 0.6 is 0 Å². The lowest BCUT2D eigenvalue weighted by Crippen LogP contribution is -2.45. The molecule has 1 aliphatic rings. The summed E-state index contributed by atoms with van der Waals surface area (Å²) in [5.74, 6) is 0.648. The molecule has 1 aromatic carbocycles. The first-order chi connectivity index (χ1) is 15.8. The largest absolute Gasteiger partial charge is 0.494 e. The summed E-state index contributed by atoms with van der Waals surface area (Å²) in [6, 6.07) is 7.94. The molecule has 1 aliphatic carbocycles. The van der Waals surface area contributed by atoms with E-state index in [9.17, 15) is 9.59 Å². The van der Waals surface area contributed by atoms with Crippen LogP contribution in [0.15, 0.2) is 30.3 Å². The third-order valence-electron chi connectivity index (χ3n) is 6.60. The molecule has 0 spiro atoms. The maximum atomic E-state index is 12.4. The number of esters is 1. The van der Waals surface area contributed by atoms with Crippen molar-refractivity contribution in [1.82, 2.24) is 5.32 Å². The second kappa shape index (κ2) is 14.1. The molecule has 0 saturated heterocycles. The van der Waals surface area contributed by atoms with Crippen molar-refractivity contribution < 1.29 is 19.1 Å². The second-order valence-electron chi connectivity index (χ2n) is 9.79. The molecular formula is C28H43NO4. The van der Waals surface area contributed by atoms with Gasteiger partial charge in [-0.25, -0.2) is 4.79 Å². The van der Waals surface area contributed by atoms with Crippen LogP contribution in [0.3, 0.4) is 0 Å². The molecule has 5 nitrogen and oxygen atoms in total. The number of rotatable bonds is 13. The molecule has 1 fully saturated rings. The highest BCUT2D eigenvalue weighted by molar-refractivity contribution is 5.87. The maximum Gasteiger partial charge on any atom is 0.331 e. The van der Waals surface area contributed by atoms with Gasteiger partial charge in [-0.05, 0) is 62.3 Å². The van der Waals surface area contributed by atoms with Crippen LogP contribution in [0.4, 0.5) is 0 Å². The third-order valence-corrected chi connectivity index (χ3v) is 6.60. The summed E-state index contributed by atoms with van der Waals surface area (Å²) < 4.78 is 11.4. The van der Waals surface area contributed by atoms with E-state index in [1.54, 1.807) is 6.08 Å². The first-order valence-corrected chi connectivity index (χ1v) is 12.8. The lowest BCUT2D eigenvalue weighted by Gasteiger charge is -2.31. The average molecular weight is 458 g/mol. The highest BCUT2D eigenvalue weighted by atomic mass is 16.5. The molecule has 0 aromatic heterocycles. The van der Waals surface area contributed by atoms with Crippen LogP contribution in [-0.2, 0) is 14.3 Å². The van der Waals surface area contributed by atoms with Gasteiger partial charge in [-0.1, -0.05) is 65.5 Å². The highest BCUT2D eigenvalue weighted by Gasteiger charge is 2.30. The van der Waals surface area contributed by atoms with Crippen molar-refractivity contribution >= 4 is 18.0 Å². The van der Waals surface area contributed by atoms with Crippen molar-refractivity contribution in [3.05, 3.63) is 35.9 Å². The summed E-state index contributed by atoms with van der Waals surface area (Å²) in [5, 5.41) is 3.16. The van der Waals surface area contributed by atoms with Gasteiger partial charge in [0.05, 0.1) is 6.61 Å². The number of ether oxygens (including phenoxy) is 2. The number of benzene rings is 1. The molecule has 0 heterocycles. The fraction of sp³-hybridized carbons (Fsp3) is 0.643. The molecule has 184 valence electrons. The van der Waals surface area contributed by atoms with Crippen molar-refractivity contribution in [3.63, 3.8) is 0 Å². The van der Waals surface area contributed by atoms with Crippen LogP contribution in [0.25, 0.3) is 6.08 Å². The summed E-state index contributed by atoms with van der Waals surface area (Å²) >= 11 is 0. The second-order valence-corrected chi connectivity index (χ2v) is 9.79. The zero-order valence-corrected chi connectivity index (χ0v) is 21.0. The van der Waals surface area contributed by atoms with Crippen molar-refractivity contribution in [1.29, 1.82) is 0 Å². The fourth-order valence-corrected chi connectivity index (χ4v) is 3.80. The first-order valence-electron chi connectivity index (χ1n) is 12.8. The van der Waals surface area contributed by atoms with E-state index in [2.05, 4.69) is 12.2 Å². The van der Waals surface area contributed by atoms with Gasteiger partial charge >= 0.3 is 5.97 Å². The Morgan fingerprint density at radius 1 is 1.00 bits per heavy atom. The minimum atomic E-state index is -0.341. The quantitative estimate of drug-likeness (QED) is 0.210. The van der Waals surface area contributed by atoms with E-state index in [4.69, 9.17) is 9.47 Å². The SMILES string of the molecule is CCCCCCCOc1ccc(/C=C/C(=O)O[C@H]2CC[C@H](NC(=O)C(C)(C)CC)CC2)cc1. The summed E-state index contributed by atoms with van der Waals surface area (Å²) in [6.07, 6.45) is 13.3. The van der Waals surface area contributed by atoms with Gasteiger partial charge in [-0.3, -0.25) is 4.79 Å². The Labute approximate surface area is 200 Å². The Morgan fingerprint density at radius 2 is 1.67 bits per heavy atom. The van der Waals surface area contributed by atoms with Crippen molar-refractivity contribution in [3.8, 4) is 5.75 Å². The molecule has 0 bridgehead atoms. The van der Waals surface area contributed by atoms with Gasteiger partial charge in [0.15, 0.2) is 0 Å². The van der Waals surface area contributed by atoms with Crippen LogP contribution in [0.2, 0.25) is 0 Å². The predicted octanol–water partition coefficient (Wildman–Crippen LogP) is 6.46. The first kappa shape index (κ1) is 26.9. The standard InChI is InChI=1S/C28H43NO4/c1-5-7-8-9-10-21-32-24-16-11-22(12-17-24)13-20-26(30)33-25-18-14-23(15-19-25)29-27(31)28(3,4)6-2/h11-13,16-17,20,23,25H,5-10,14-15,18-19,21H2,1-4H3,(H,29,31)/b20-13+/t23-,25-. The number of carbonyl (C=O) groups is 2. The molecule has 0 aliphatic heterocycles. The summed E-state index contributed by atoms with van der Waals surface area (Å²) in [7, 11) is 0. The summed E-state index contributed by atoms with van der Waals surface area (Å²) in [6.45, 7) is 8.93. The predicted molar refractivity (Wildman–Crippen MR) is 134 cm³/mol. The van der Waals surface area contributed by atoms with Gasteiger partial charge in [0.1, 0.15) is 11.9 Å². The van der Waals surface area contributed by atoms with Gasteiger partial charge in [-0.2, -0.15) is 0 Å². The zero-order chi connectivity index (χ0) is 24.1. The van der Waals surface area contributed by atoms with Crippen LogP contribution in [-0.4, -0.2) is 30.6 Å². The summed E-state index contributed by atoms with van der Waals surface area (Å²) in [4.78, 5) is 24.6. The van der Waals surface area contributed by atoms with E-state index in [1.165, 1.54) is 31.8 Å². The lowest BCUT2D eigenvalue weighted by molar-refractivity contribution is -0.145. The molecule has 5 heteroatoms. The molecule has 0 unspecified atom stereocenters. The smallest absolute Gasteiger partial charge is 0.331 e. The molecule has 0 radical (unpaired) electrons. The van der Waals surface area contributed by atoms with Crippen LogP contribution < -0.4 is 10.1 Å². The van der Waals surface area contributed by atoms with Gasteiger partial charge in [0.2, 0.25) is 5.91 Å². The Morgan fingerprint density at radius 3 is 2.30 bits per heavy atom. The van der Waals surface area contributed by atoms with Crippen LogP contribution in [0, 0.1) is 5.41 Å². The fourth-order valence-electron chi connectivity index (χ4n) is 3.80. The highest BCUT2D eigenvalue weighted by Crippen LogP contribution is 2.25. The van der Waals surface area contributed by atoms with E-state index in [0.29, 0.717) is 0 Å². The molecule has 1 amide bonds. The average Bonchev–Trinajstić information content (AvgIpc) is 2.82. The van der Waals surface area contributed by atoms with Gasteiger partial charge in [0, 0.05) is 17.5 Å². The normalized spacial score (nSPS) is 18.8. The van der Waals surface area contributed by atoms with E-state index >= 15 is 0 Å². The number of unbranched alkanes of at least 4 members (excludes halogenated alkanes) is 4. The molecular weight excluding hydrogens is 414 g/mol. The van der Waals surface area contributed by atoms with Crippen LogP contribution in [0.1, 0.15) is 97.5 Å². The van der Waals surface area contributed by atoms with Crippen molar-refractivity contribution in [2.75, 3.05) is 6.61 Å². The van der Waals surface area contributed by atoms with E-state index in [-0.39, 0.29) is 29.4 Å². The third kappa shape index (κ3) is 10.0. The molecule has 33 heavy (non-hydrogen) atoms. The van der Waals surface area contributed by atoms with Gasteiger partial charge < -0.3 is 14.8 Å². The number of amides is 1. The molecule has 0 atom stereocenters. The van der Waals surface area contributed by atoms with Crippen molar-refractivity contribution in [2.24, 2.45) is 5.41 Å². The van der Waals surface area contributed by atoms with Crippen molar-refractivity contribution in [2.45, 2.75) is 104 Å². The number of hydrogen-bond donors (Lipinski definition) is 1. The number of hydrogen-bond acceptors (Lipinski definition) is 4. The molecule has 1 saturated carbocycles. The lowest BCUT2D eigenvalue weighted by atomic mass is 9.87. The molecule has 2 rings (SSSR count). The summed E-state index contributed by atoms with van der Waals surface area (Å²) in [5.41, 5.74) is 0.597. The molecule has 1 aromatic rings. The Balaban J connectivity index is 1.67. The minimum absolute atomic E-state index is 0.0809. The minimum Gasteiger partial charge on any atom is -0.494 e.